The second kappa shape index (κ2) is 6.33. The standard InChI is InChI=1S/C19H19F2N3S/c1-3-4-17-23-18(13-7-10(2)25-19(13)24-17)22-16-9-12(16)11-5-6-14(20)15(21)8-11/h5-8,12,16H,3-4,9H2,1-2H3,(H,22,23,24)/t12-,16+/m0/s1. The van der Waals surface area contributed by atoms with E-state index in [1.54, 1.807) is 17.4 Å². The summed E-state index contributed by atoms with van der Waals surface area (Å²) < 4.78 is 26.6. The Labute approximate surface area is 149 Å². The first-order chi connectivity index (χ1) is 12.0. The van der Waals surface area contributed by atoms with Crippen LogP contribution in [-0.4, -0.2) is 16.0 Å². The lowest BCUT2D eigenvalue weighted by Crippen LogP contribution is -2.08. The van der Waals surface area contributed by atoms with Gasteiger partial charge in [-0.1, -0.05) is 13.0 Å². The number of benzene rings is 1. The summed E-state index contributed by atoms with van der Waals surface area (Å²) in [6.07, 6.45) is 2.73. The third kappa shape index (κ3) is 3.23. The zero-order valence-electron chi connectivity index (χ0n) is 14.1. The highest BCUT2D eigenvalue weighted by Crippen LogP contribution is 2.44. The van der Waals surface area contributed by atoms with Gasteiger partial charge in [0.15, 0.2) is 11.6 Å². The molecule has 2 atom stereocenters. The van der Waals surface area contributed by atoms with Crippen LogP contribution in [0.15, 0.2) is 24.3 Å². The minimum Gasteiger partial charge on any atom is -0.366 e. The molecule has 1 aliphatic rings. The molecule has 130 valence electrons. The molecule has 0 amide bonds. The number of hydrogen-bond acceptors (Lipinski definition) is 4. The molecule has 1 aliphatic carbocycles. The number of nitrogens with zero attached hydrogens (tertiary/aromatic N) is 2. The average Bonchev–Trinajstić information content (AvgIpc) is 3.22. The third-order valence-corrected chi connectivity index (χ3v) is 5.46. The van der Waals surface area contributed by atoms with Gasteiger partial charge in [-0.3, -0.25) is 0 Å². The number of hydrogen-bond donors (Lipinski definition) is 1. The SMILES string of the molecule is CCCc1nc(N[C@@H]2C[C@H]2c2ccc(F)c(F)c2)c2cc(C)sc2n1. The maximum absolute atomic E-state index is 13.5. The molecule has 2 aromatic heterocycles. The molecule has 3 aromatic rings. The van der Waals surface area contributed by atoms with E-state index in [4.69, 9.17) is 4.98 Å². The molecule has 0 radical (unpaired) electrons. The second-order valence-corrected chi connectivity index (χ2v) is 7.82. The Morgan fingerprint density at radius 1 is 1.20 bits per heavy atom. The van der Waals surface area contributed by atoms with Crippen LogP contribution in [0.4, 0.5) is 14.6 Å². The molecular weight excluding hydrogens is 340 g/mol. The number of halogens is 2. The van der Waals surface area contributed by atoms with Crippen LogP contribution in [0.2, 0.25) is 0 Å². The molecule has 6 heteroatoms. The van der Waals surface area contributed by atoms with E-state index in [-0.39, 0.29) is 12.0 Å². The highest BCUT2D eigenvalue weighted by molar-refractivity contribution is 7.18. The molecule has 1 saturated carbocycles. The minimum absolute atomic E-state index is 0.189. The first-order valence-corrected chi connectivity index (χ1v) is 9.35. The second-order valence-electron chi connectivity index (χ2n) is 6.58. The molecule has 1 aromatic carbocycles. The zero-order chi connectivity index (χ0) is 17.6. The van der Waals surface area contributed by atoms with Gasteiger partial charge in [-0.25, -0.2) is 18.7 Å². The zero-order valence-corrected chi connectivity index (χ0v) is 15.0. The molecule has 0 saturated heterocycles. The Balaban J connectivity index is 1.59. The molecule has 0 unspecified atom stereocenters. The molecule has 2 heterocycles. The van der Waals surface area contributed by atoms with Gasteiger partial charge in [-0.2, -0.15) is 0 Å². The summed E-state index contributed by atoms with van der Waals surface area (Å²) in [5.41, 5.74) is 0.831. The molecule has 4 rings (SSSR count). The van der Waals surface area contributed by atoms with E-state index >= 15 is 0 Å². The lowest BCUT2D eigenvalue weighted by molar-refractivity contribution is 0.507. The summed E-state index contributed by atoms with van der Waals surface area (Å²) in [7, 11) is 0. The summed E-state index contributed by atoms with van der Waals surface area (Å²) >= 11 is 1.67. The van der Waals surface area contributed by atoms with E-state index in [0.717, 1.165) is 46.7 Å². The molecule has 1 N–H and O–H groups in total. The van der Waals surface area contributed by atoms with E-state index in [1.165, 1.54) is 17.0 Å². The van der Waals surface area contributed by atoms with Crippen LogP contribution >= 0.6 is 11.3 Å². The van der Waals surface area contributed by atoms with Crippen LogP contribution in [0.5, 0.6) is 0 Å². The van der Waals surface area contributed by atoms with E-state index in [9.17, 15) is 8.78 Å². The fourth-order valence-electron chi connectivity index (χ4n) is 3.17. The van der Waals surface area contributed by atoms with Crippen molar-refractivity contribution < 1.29 is 8.78 Å². The van der Waals surface area contributed by atoms with Crippen molar-refractivity contribution in [1.29, 1.82) is 0 Å². The fourth-order valence-corrected chi connectivity index (χ4v) is 4.07. The van der Waals surface area contributed by atoms with Gasteiger partial charge >= 0.3 is 0 Å². The molecule has 1 fully saturated rings. The Morgan fingerprint density at radius 2 is 2.04 bits per heavy atom. The quantitative estimate of drug-likeness (QED) is 0.680. The molecular formula is C19H19F2N3S. The monoisotopic (exact) mass is 359 g/mol. The van der Waals surface area contributed by atoms with Crippen molar-refractivity contribution in [2.45, 2.75) is 45.1 Å². The maximum Gasteiger partial charge on any atom is 0.159 e. The normalized spacial score (nSPS) is 19.4. The Bertz CT molecular complexity index is 938. The highest BCUT2D eigenvalue weighted by atomic mass is 32.1. The number of aryl methyl sites for hydroxylation is 2. The summed E-state index contributed by atoms with van der Waals surface area (Å²) in [5, 5.41) is 4.53. The van der Waals surface area contributed by atoms with Crippen LogP contribution in [0.1, 0.15) is 41.9 Å². The van der Waals surface area contributed by atoms with Crippen molar-refractivity contribution in [3.8, 4) is 0 Å². The number of aromatic nitrogens is 2. The maximum atomic E-state index is 13.5. The van der Waals surface area contributed by atoms with Crippen LogP contribution < -0.4 is 5.32 Å². The molecule has 3 nitrogen and oxygen atoms in total. The summed E-state index contributed by atoms with van der Waals surface area (Å²) in [6, 6.07) is 6.46. The van der Waals surface area contributed by atoms with E-state index in [1.807, 2.05) is 0 Å². The number of nitrogens with one attached hydrogen (secondary N) is 1. The summed E-state index contributed by atoms with van der Waals surface area (Å²) in [5.74, 6) is 0.308. The topological polar surface area (TPSA) is 37.8 Å². The van der Waals surface area contributed by atoms with Crippen LogP contribution in [0.3, 0.4) is 0 Å². The van der Waals surface area contributed by atoms with E-state index < -0.39 is 11.6 Å². The van der Waals surface area contributed by atoms with Gasteiger partial charge in [0.05, 0.1) is 5.39 Å². The first-order valence-electron chi connectivity index (χ1n) is 8.53. The summed E-state index contributed by atoms with van der Waals surface area (Å²) in [4.78, 5) is 11.5. The van der Waals surface area contributed by atoms with Gasteiger partial charge in [0.25, 0.3) is 0 Å². The fraction of sp³-hybridized carbons (Fsp3) is 0.368. The van der Waals surface area contributed by atoms with E-state index in [0.29, 0.717) is 0 Å². The molecule has 0 aliphatic heterocycles. The lowest BCUT2D eigenvalue weighted by atomic mass is 10.1. The third-order valence-electron chi connectivity index (χ3n) is 4.52. The van der Waals surface area contributed by atoms with Crippen LogP contribution in [-0.2, 0) is 6.42 Å². The number of anilines is 1. The van der Waals surface area contributed by atoms with Crippen molar-refractivity contribution in [2.75, 3.05) is 5.32 Å². The molecule has 25 heavy (non-hydrogen) atoms. The Kier molecular flexibility index (Phi) is 4.15. The van der Waals surface area contributed by atoms with Gasteiger partial charge in [0, 0.05) is 23.3 Å². The lowest BCUT2D eigenvalue weighted by Gasteiger charge is -2.09. The first kappa shape index (κ1) is 16.4. The average molecular weight is 359 g/mol. The van der Waals surface area contributed by atoms with Gasteiger partial charge in [-0.05, 0) is 43.5 Å². The smallest absolute Gasteiger partial charge is 0.159 e. The molecule has 0 spiro atoms. The molecule has 0 bridgehead atoms. The number of fused-ring (bicyclic) bond motifs is 1. The minimum atomic E-state index is -0.802. The van der Waals surface area contributed by atoms with E-state index in [2.05, 4.69) is 30.2 Å². The Morgan fingerprint density at radius 3 is 2.80 bits per heavy atom. The predicted octanol–water partition coefficient (Wildman–Crippen LogP) is 5.20. The van der Waals surface area contributed by atoms with Crippen molar-refractivity contribution in [2.24, 2.45) is 0 Å². The van der Waals surface area contributed by atoms with Gasteiger partial charge in [-0.15, -0.1) is 11.3 Å². The van der Waals surface area contributed by atoms with Crippen molar-refractivity contribution in [1.82, 2.24) is 9.97 Å². The summed E-state index contributed by atoms with van der Waals surface area (Å²) in [6.45, 7) is 4.18. The van der Waals surface area contributed by atoms with Crippen LogP contribution in [0, 0.1) is 18.6 Å². The van der Waals surface area contributed by atoms with Gasteiger partial charge in [0.2, 0.25) is 0 Å². The Hall–Kier alpha value is -2.08. The largest absolute Gasteiger partial charge is 0.366 e. The van der Waals surface area contributed by atoms with Crippen molar-refractivity contribution in [3.05, 3.63) is 52.2 Å². The number of rotatable bonds is 5. The van der Waals surface area contributed by atoms with Crippen LogP contribution in [0.25, 0.3) is 10.2 Å². The van der Waals surface area contributed by atoms with Gasteiger partial charge < -0.3 is 5.32 Å². The van der Waals surface area contributed by atoms with Crippen molar-refractivity contribution >= 4 is 27.4 Å². The van der Waals surface area contributed by atoms with Crippen molar-refractivity contribution in [3.63, 3.8) is 0 Å². The number of thiophene rings is 1. The van der Waals surface area contributed by atoms with Gasteiger partial charge in [0.1, 0.15) is 16.5 Å². The predicted molar refractivity (Wildman–Crippen MR) is 97.3 cm³/mol. The highest BCUT2D eigenvalue weighted by Gasteiger charge is 2.39.